The van der Waals surface area contributed by atoms with E-state index < -0.39 is 0 Å². The van der Waals surface area contributed by atoms with Gasteiger partial charge in [-0.05, 0) is 36.1 Å². The normalized spacial score (nSPS) is 22.7. The first kappa shape index (κ1) is 19.0. The minimum Gasteiger partial charge on any atom is -0.299 e. The number of carbonyl (C=O) groups is 1. The van der Waals surface area contributed by atoms with Crippen LogP contribution in [0.1, 0.15) is 37.4 Å². The highest BCUT2D eigenvalue weighted by Gasteiger charge is 2.45. The van der Waals surface area contributed by atoms with Crippen LogP contribution < -0.4 is 15.6 Å². The van der Waals surface area contributed by atoms with E-state index in [1.54, 1.807) is 11.3 Å². The molecule has 2 aromatic carbocycles. The van der Waals surface area contributed by atoms with Gasteiger partial charge in [0.15, 0.2) is 0 Å². The fourth-order valence-electron chi connectivity index (χ4n) is 4.43. The maximum Gasteiger partial charge on any atom is 0.355 e. The molecule has 0 saturated carbocycles. The van der Waals surface area contributed by atoms with Crippen LogP contribution in [0.25, 0.3) is 10.2 Å². The van der Waals surface area contributed by atoms with Crippen molar-refractivity contribution in [2.45, 2.75) is 33.2 Å². The Balaban J connectivity index is 1.56. The van der Waals surface area contributed by atoms with Gasteiger partial charge in [-0.2, -0.15) is 0 Å². The molecule has 3 N–H and O–H groups in total. The number of anilines is 1. The summed E-state index contributed by atoms with van der Waals surface area (Å²) >= 11 is 1.61. The minimum absolute atomic E-state index is 0.127. The summed E-state index contributed by atoms with van der Waals surface area (Å²) in [6.45, 7) is 6.30. The second kappa shape index (κ2) is 7.06. The van der Waals surface area contributed by atoms with Gasteiger partial charge in [0.1, 0.15) is 17.7 Å². The molecule has 0 radical (unpaired) electrons. The molecule has 5 rings (SSSR count). The lowest BCUT2D eigenvalue weighted by Gasteiger charge is -2.36. The highest BCUT2D eigenvalue weighted by Crippen LogP contribution is 2.38. The molecule has 1 aromatic heterocycles. The monoisotopic (exact) mass is 417 g/mol. The zero-order valence-electron chi connectivity index (χ0n) is 17.3. The first-order valence-electron chi connectivity index (χ1n) is 10.2. The maximum absolute atomic E-state index is 13.1. The average molecular weight is 418 g/mol. The SMILES string of the molecule is Cc1cccc([C@@H]2[NH+]=C(Nc3nc4ccccc4s3)NC3=CC(C)(C)CC(=O)[C@H]32)c1. The number of benzene rings is 2. The lowest BCUT2D eigenvalue weighted by molar-refractivity contribution is -0.522. The molecule has 0 bridgehead atoms. The fourth-order valence-corrected chi connectivity index (χ4v) is 5.30. The van der Waals surface area contributed by atoms with Crippen LogP contribution in [0.15, 0.2) is 60.3 Å². The minimum atomic E-state index is -0.222. The number of aromatic nitrogens is 1. The third kappa shape index (κ3) is 3.52. The number of hydrogen-bond donors (Lipinski definition) is 3. The number of guanidine groups is 1. The molecular formula is C24H25N4OS+. The van der Waals surface area contributed by atoms with E-state index in [-0.39, 0.29) is 23.2 Å². The molecule has 0 unspecified atom stereocenters. The quantitative estimate of drug-likeness (QED) is 0.599. The second-order valence-electron chi connectivity index (χ2n) is 8.86. The summed E-state index contributed by atoms with van der Waals surface area (Å²) in [5.74, 6) is 0.803. The summed E-state index contributed by atoms with van der Waals surface area (Å²) in [5.41, 5.74) is 4.07. The highest BCUT2D eigenvalue weighted by molar-refractivity contribution is 7.22. The van der Waals surface area contributed by atoms with E-state index in [1.807, 2.05) is 18.2 Å². The molecule has 0 fully saturated rings. The molecular weight excluding hydrogens is 392 g/mol. The Bertz CT molecular complexity index is 1170. The number of rotatable bonds is 2. The van der Waals surface area contributed by atoms with Crippen LogP contribution in [-0.4, -0.2) is 16.7 Å². The molecule has 30 heavy (non-hydrogen) atoms. The molecule has 0 spiro atoms. The highest BCUT2D eigenvalue weighted by atomic mass is 32.1. The zero-order valence-corrected chi connectivity index (χ0v) is 18.1. The van der Waals surface area contributed by atoms with Crippen molar-refractivity contribution in [3.8, 4) is 0 Å². The number of Topliss-reactive ketones (excluding diaryl/α,β-unsaturated/α-hetero) is 1. The van der Waals surface area contributed by atoms with Gasteiger partial charge in [0.25, 0.3) is 5.13 Å². The van der Waals surface area contributed by atoms with Gasteiger partial charge in [0.2, 0.25) is 0 Å². The number of para-hydroxylation sites is 1. The topological polar surface area (TPSA) is 68.0 Å². The van der Waals surface area contributed by atoms with E-state index in [4.69, 9.17) is 0 Å². The van der Waals surface area contributed by atoms with Crippen LogP contribution in [0.2, 0.25) is 0 Å². The standard InChI is InChI=1S/C24H24N4OS/c1-14-7-6-8-15(11-14)21-20-17(12-24(2,3)13-18(20)29)25-22(27-21)28-23-26-16-9-4-5-10-19(16)30-23/h4-12,20-21H,13H2,1-3H3,(H2,25,26,27,28)/p+1/t20-,21-/m0/s1. The van der Waals surface area contributed by atoms with E-state index in [1.165, 1.54) is 5.56 Å². The lowest BCUT2D eigenvalue weighted by Crippen LogP contribution is -2.84. The van der Waals surface area contributed by atoms with E-state index in [0.29, 0.717) is 6.42 Å². The van der Waals surface area contributed by atoms with Crippen LogP contribution in [0.5, 0.6) is 0 Å². The zero-order chi connectivity index (χ0) is 20.9. The number of ketones is 1. The van der Waals surface area contributed by atoms with Crippen LogP contribution >= 0.6 is 11.3 Å². The molecule has 1 aliphatic carbocycles. The summed E-state index contributed by atoms with van der Waals surface area (Å²) in [5, 5.41) is 7.67. The summed E-state index contributed by atoms with van der Waals surface area (Å²) < 4.78 is 1.14. The van der Waals surface area contributed by atoms with E-state index >= 15 is 0 Å². The van der Waals surface area contributed by atoms with Gasteiger partial charge in [0.05, 0.1) is 15.9 Å². The second-order valence-corrected chi connectivity index (χ2v) is 9.89. The van der Waals surface area contributed by atoms with Gasteiger partial charge in [-0.1, -0.05) is 67.1 Å². The summed E-state index contributed by atoms with van der Waals surface area (Å²) in [4.78, 5) is 21.4. The van der Waals surface area contributed by atoms with Gasteiger partial charge in [-0.3, -0.25) is 9.79 Å². The number of thiazole rings is 1. The van der Waals surface area contributed by atoms with Crippen molar-refractivity contribution >= 4 is 38.4 Å². The lowest BCUT2D eigenvalue weighted by atomic mass is 9.72. The Kier molecular flexibility index (Phi) is 4.47. The van der Waals surface area contributed by atoms with Crippen LogP contribution in [0.3, 0.4) is 0 Å². The molecule has 2 aliphatic rings. The van der Waals surface area contributed by atoms with Gasteiger partial charge < -0.3 is 0 Å². The molecule has 5 nitrogen and oxygen atoms in total. The van der Waals surface area contributed by atoms with Crippen molar-refractivity contribution in [2.24, 2.45) is 11.3 Å². The first-order valence-corrected chi connectivity index (χ1v) is 11.0. The summed E-state index contributed by atoms with van der Waals surface area (Å²) in [6, 6.07) is 16.4. The molecule has 2 heterocycles. The number of nitrogens with zero attached hydrogens (tertiary/aromatic N) is 1. The van der Waals surface area contributed by atoms with Gasteiger partial charge >= 0.3 is 5.96 Å². The first-order chi connectivity index (χ1) is 14.4. The van der Waals surface area contributed by atoms with Crippen LogP contribution in [0.4, 0.5) is 5.13 Å². The van der Waals surface area contributed by atoms with Crippen molar-refractivity contribution in [2.75, 3.05) is 5.32 Å². The summed E-state index contributed by atoms with van der Waals surface area (Å²) in [6.07, 6.45) is 2.76. The van der Waals surface area contributed by atoms with Crippen molar-refractivity contribution in [1.29, 1.82) is 0 Å². The Morgan fingerprint density at radius 1 is 1.20 bits per heavy atom. The number of hydrogen-bond acceptors (Lipinski definition) is 5. The predicted octanol–water partition coefficient (Wildman–Crippen LogP) is 3.30. The Morgan fingerprint density at radius 3 is 2.83 bits per heavy atom. The smallest absolute Gasteiger partial charge is 0.299 e. The molecule has 3 aromatic rings. The van der Waals surface area contributed by atoms with Gasteiger partial charge in [-0.15, -0.1) is 0 Å². The molecule has 6 heteroatoms. The Morgan fingerprint density at radius 2 is 2.03 bits per heavy atom. The largest absolute Gasteiger partial charge is 0.355 e. The van der Waals surface area contributed by atoms with Crippen molar-refractivity contribution in [3.63, 3.8) is 0 Å². The molecule has 0 amide bonds. The Labute approximate surface area is 179 Å². The average Bonchev–Trinajstić information content (AvgIpc) is 3.08. The number of carbonyl (C=O) groups excluding carboxylic acids is 1. The predicted molar refractivity (Wildman–Crippen MR) is 121 cm³/mol. The van der Waals surface area contributed by atoms with Gasteiger partial charge in [0, 0.05) is 6.42 Å². The van der Waals surface area contributed by atoms with Crippen molar-refractivity contribution < 1.29 is 9.79 Å². The third-order valence-corrected chi connectivity index (χ3v) is 6.64. The van der Waals surface area contributed by atoms with Gasteiger partial charge in [-0.25, -0.2) is 15.6 Å². The van der Waals surface area contributed by atoms with Crippen LogP contribution in [-0.2, 0) is 4.79 Å². The molecule has 0 saturated heterocycles. The van der Waals surface area contributed by atoms with Crippen molar-refractivity contribution in [1.82, 2.24) is 10.3 Å². The molecule has 1 aliphatic heterocycles. The van der Waals surface area contributed by atoms with Crippen molar-refractivity contribution in [3.05, 3.63) is 71.4 Å². The number of aryl methyl sites for hydroxylation is 1. The number of allylic oxidation sites excluding steroid dienone is 1. The molecule has 2 atom stereocenters. The van der Waals surface area contributed by atoms with E-state index in [2.05, 4.69) is 77.8 Å². The van der Waals surface area contributed by atoms with Crippen LogP contribution in [0, 0.1) is 18.3 Å². The Hall–Kier alpha value is -2.99. The fraction of sp³-hybridized carbons (Fsp3) is 0.292. The number of nitrogens with one attached hydrogen (secondary N) is 3. The maximum atomic E-state index is 13.1. The van der Waals surface area contributed by atoms with E-state index in [0.717, 1.165) is 32.6 Å². The molecule has 152 valence electrons. The van der Waals surface area contributed by atoms with E-state index in [9.17, 15) is 4.79 Å². The number of fused-ring (bicyclic) bond motifs is 2. The third-order valence-electron chi connectivity index (χ3n) is 5.69. The summed E-state index contributed by atoms with van der Waals surface area (Å²) in [7, 11) is 0.